The van der Waals surface area contributed by atoms with E-state index < -0.39 is 11.9 Å². The lowest BCUT2D eigenvalue weighted by Crippen LogP contribution is -2.48. The molecule has 1 unspecified atom stereocenters. The first-order valence-corrected chi connectivity index (χ1v) is 8.73. The molecule has 0 bridgehead atoms. The summed E-state index contributed by atoms with van der Waals surface area (Å²) < 4.78 is 38.0. The van der Waals surface area contributed by atoms with Crippen molar-refractivity contribution in [2.24, 2.45) is 0 Å². The number of rotatable bonds is 1. The van der Waals surface area contributed by atoms with Crippen LogP contribution in [0.25, 0.3) is 0 Å². The SMILES string of the molecule is Nc1ncc2c(n1)C1(CCCN(C(=O)c3ccc(C(F)(F)F)nc3)C1)CC2. The normalized spacial score (nSPS) is 22.1. The summed E-state index contributed by atoms with van der Waals surface area (Å²) in [5.41, 5.74) is 6.58. The van der Waals surface area contributed by atoms with Crippen molar-refractivity contribution >= 4 is 11.9 Å². The number of nitrogens with zero attached hydrogens (tertiary/aromatic N) is 4. The molecule has 27 heavy (non-hydrogen) atoms. The summed E-state index contributed by atoms with van der Waals surface area (Å²) in [6.45, 7) is 1.02. The Morgan fingerprint density at radius 2 is 2.00 bits per heavy atom. The topological polar surface area (TPSA) is 85.0 Å². The molecule has 1 atom stereocenters. The number of pyridine rings is 1. The van der Waals surface area contributed by atoms with Crippen molar-refractivity contribution in [3.05, 3.63) is 47.0 Å². The lowest BCUT2D eigenvalue weighted by molar-refractivity contribution is -0.141. The Labute approximate surface area is 153 Å². The number of nitrogen functional groups attached to an aromatic ring is 1. The van der Waals surface area contributed by atoms with Gasteiger partial charge in [-0.2, -0.15) is 13.2 Å². The number of hydrogen-bond donors (Lipinski definition) is 1. The van der Waals surface area contributed by atoms with Crippen LogP contribution in [-0.2, 0) is 18.0 Å². The second-order valence-corrected chi connectivity index (χ2v) is 7.14. The Morgan fingerprint density at radius 1 is 1.19 bits per heavy atom. The minimum absolute atomic E-state index is 0.153. The molecule has 3 heterocycles. The highest BCUT2D eigenvalue weighted by Gasteiger charge is 2.45. The van der Waals surface area contributed by atoms with Gasteiger partial charge in [-0.1, -0.05) is 0 Å². The molecule has 0 saturated carbocycles. The van der Waals surface area contributed by atoms with E-state index in [9.17, 15) is 18.0 Å². The summed E-state index contributed by atoms with van der Waals surface area (Å²) >= 11 is 0. The van der Waals surface area contributed by atoms with Crippen LogP contribution in [-0.4, -0.2) is 38.8 Å². The van der Waals surface area contributed by atoms with Gasteiger partial charge >= 0.3 is 6.18 Å². The molecule has 1 saturated heterocycles. The predicted octanol–water partition coefficient (Wildman–Crippen LogP) is 2.59. The van der Waals surface area contributed by atoms with Crippen LogP contribution < -0.4 is 5.73 Å². The molecule has 2 N–H and O–H groups in total. The highest BCUT2D eigenvalue weighted by Crippen LogP contribution is 2.44. The highest BCUT2D eigenvalue weighted by molar-refractivity contribution is 5.94. The summed E-state index contributed by atoms with van der Waals surface area (Å²) in [5.74, 6) is -0.101. The molecular formula is C18H18F3N5O. The van der Waals surface area contributed by atoms with E-state index in [2.05, 4.69) is 15.0 Å². The number of anilines is 1. The summed E-state index contributed by atoms with van der Waals surface area (Å²) in [6, 6.07) is 2.02. The van der Waals surface area contributed by atoms with Crippen molar-refractivity contribution in [2.75, 3.05) is 18.8 Å². The Balaban J connectivity index is 1.58. The van der Waals surface area contributed by atoms with Gasteiger partial charge in [0, 0.05) is 30.9 Å². The number of aromatic nitrogens is 3. The van der Waals surface area contributed by atoms with E-state index in [1.807, 2.05) is 0 Å². The van der Waals surface area contributed by atoms with Gasteiger partial charge in [0.05, 0.1) is 11.3 Å². The molecule has 2 aromatic rings. The maximum atomic E-state index is 12.8. The zero-order valence-electron chi connectivity index (χ0n) is 14.5. The largest absolute Gasteiger partial charge is 0.433 e. The third-order valence-corrected chi connectivity index (χ3v) is 5.42. The highest BCUT2D eigenvalue weighted by atomic mass is 19.4. The van der Waals surface area contributed by atoms with E-state index in [1.165, 1.54) is 6.07 Å². The molecule has 142 valence electrons. The predicted molar refractivity (Wildman–Crippen MR) is 90.8 cm³/mol. The first kappa shape index (κ1) is 17.7. The Bertz CT molecular complexity index is 880. The molecule has 1 fully saturated rings. The van der Waals surface area contributed by atoms with E-state index in [4.69, 9.17) is 5.73 Å². The van der Waals surface area contributed by atoms with E-state index in [-0.39, 0.29) is 22.8 Å². The zero-order valence-corrected chi connectivity index (χ0v) is 14.5. The molecule has 1 amide bonds. The van der Waals surface area contributed by atoms with Gasteiger partial charge in [-0.25, -0.2) is 9.97 Å². The quantitative estimate of drug-likeness (QED) is 0.826. The smallest absolute Gasteiger partial charge is 0.368 e. The lowest BCUT2D eigenvalue weighted by atomic mass is 9.77. The fourth-order valence-corrected chi connectivity index (χ4v) is 4.13. The van der Waals surface area contributed by atoms with Crippen LogP contribution in [0.1, 0.15) is 46.6 Å². The van der Waals surface area contributed by atoms with Crippen molar-refractivity contribution in [1.82, 2.24) is 19.9 Å². The van der Waals surface area contributed by atoms with Crippen LogP contribution in [0.5, 0.6) is 0 Å². The molecule has 1 aliphatic heterocycles. The molecular weight excluding hydrogens is 359 g/mol. The average Bonchev–Trinajstić information content (AvgIpc) is 2.98. The molecule has 9 heteroatoms. The van der Waals surface area contributed by atoms with Crippen LogP contribution in [0.3, 0.4) is 0 Å². The number of hydrogen-bond acceptors (Lipinski definition) is 5. The number of alkyl halides is 3. The van der Waals surface area contributed by atoms with Crippen LogP contribution in [0, 0.1) is 0 Å². The summed E-state index contributed by atoms with van der Waals surface area (Å²) in [4.78, 5) is 26.4. The van der Waals surface area contributed by atoms with Crippen LogP contribution in [0.4, 0.5) is 19.1 Å². The van der Waals surface area contributed by atoms with E-state index in [0.29, 0.717) is 13.1 Å². The van der Waals surface area contributed by atoms with Gasteiger partial charge in [0.2, 0.25) is 5.95 Å². The number of carbonyl (C=O) groups excluding carboxylic acids is 1. The Kier molecular flexibility index (Phi) is 4.05. The fourth-order valence-electron chi connectivity index (χ4n) is 4.13. The first-order chi connectivity index (χ1) is 12.8. The molecule has 2 aliphatic rings. The minimum Gasteiger partial charge on any atom is -0.368 e. The molecule has 2 aromatic heterocycles. The van der Waals surface area contributed by atoms with E-state index >= 15 is 0 Å². The number of nitrogens with two attached hydrogens (primary N) is 1. The number of fused-ring (bicyclic) bond motifs is 2. The van der Waals surface area contributed by atoms with Gasteiger partial charge in [0.1, 0.15) is 5.69 Å². The molecule has 0 radical (unpaired) electrons. The number of likely N-dealkylation sites (tertiary alicyclic amines) is 1. The summed E-state index contributed by atoms with van der Waals surface area (Å²) in [5, 5.41) is 0. The Morgan fingerprint density at radius 3 is 2.70 bits per heavy atom. The first-order valence-electron chi connectivity index (χ1n) is 8.73. The van der Waals surface area contributed by atoms with Gasteiger partial charge in [0.25, 0.3) is 5.91 Å². The number of carbonyl (C=O) groups is 1. The maximum absolute atomic E-state index is 12.8. The number of aryl methyl sites for hydroxylation is 1. The second-order valence-electron chi connectivity index (χ2n) is 7.14. The number of amides is 1. The van der Waals surface area contributed by atoms with Gasteiger partial charge in [0.15, 0.2) is 0 Å². The number of piperidine rings is 1. The van der Waals surface area contributed by atoms with Crippen molar-refractivity contribution in [1.29, 1.82) is 0 Å². The molecule has 6 nitrogen and oxygen atoms in total. The number of halogens is 3. The second kappa shape index (κ2) is 6.17. The van der Waals surface area contributed by atoms with Crippen molar-refractivity contribution < 1.29 is 18.0 Å². The van der Waals surface area contributed by atoms with Gasteiger partial charge in [-0.3, -0.25) is 9.78 Å². The Hall–Kier alpha value is -2.71. The monoisotopic (exact) mass is 377 g/mol. The van der Waals surface area contributed by atoms with E-state index in [1.54, 1.807) is 11.1 Å². The molecule has 1 aliphatic carbocycles. The third-order valence-electron chi connectivity index (χ3n) is 5.42. The summed E-state index contributed by atoms with van der Waals surface area (Å²) in [6.07, 6.45) is 1.59. The van der Waals surface area contributed by atoms with Crippen LogP contribution in [0.15, 0.2) is 24.5 Å². The van der Waals surface area contributed by atoms with Gasteiger partial charge in [-0.15, -0.1) is 0 Å². The average molecular weight is 377 g/mol. The lowest BCUT2D eigenvalue weighted by Gasteiger charge is -2.40. The van der Waals surface area contributed by atoms with Crippen molar-refractivity contribution in [2.45, 2.75) is 37.3 Å². The maximum Gasteiger partial charge on any atom is 0.433 e. The standard InChI is InChI=1S/C18H18F3N5O/c19-18(20,21)13-3-2-12(9-23-13)15(27)26-7-1-5-17(10-26)6-4-11-8-24-16(22)25-14(11)17/h2-3,8-9H,1,4-7,10H2,(H2,22,24,25). The molecule has 4 rings (SSSR count). The molecule has 0 aromatic carbocycles. The fraction of sp³-hybridized carbons (Fsp3) is 0.444. The van der Waals surface area contributed by atoms with Crippen molar-refractivity contribution in [3.8, 4) is 0 Å². The third kappa shape index (κ3) is 3.11. The summed E-state index contributed by atoms with van der Waals surface area (Å²) in [7, 11) is 0. The molecule has 1 spiro atoms. The van der Waals surface area contributed by atoms with Gasteiger partial charge in [-0.05, 0) is 43.4 Å². The minimum atomic E-state index is -4.52. The van der Waals surface area contributed by atoms with Gasteiger partial charge < -0.3 is 10.6 Å². The van der Waals surface area contributed by atoms with Crippen LogP contribution in [0.2, 0.25) is 0 Å². The van der Waals surface area contributed by atoms with Crippen LogP contribution >= 0.6 is 0 Å². The zero-order chi connectivity index (χ0) is 19.2. The van der Waals surface area contributed by atoms with E-state index in [0.717, 1.165) is 49.2 Å². The van der Waals surface area contributed by atoms with Crippen molar-refractivity contribution in [3.63, 3.8) is 0 Å².